The lowest BCUT2D eigenvalue weighted by molar-refractivity contribution is -0.122. The van der Waals surface area contributed by atoms with Gasteiger partial charge >= 0.3 is 0 Å². The van der Waals surface area contributed by atoms with Crippen molar-refractivity contribution >= 4 is 34.8 Å². The molecule has 1 atom stereocenters. The number of nitrogens with zero attached hydrogens (tertiary/aromatic N) is 1. The van der Waals surface area contributed by atoms with Crippen LogP contribution in [0.15, 0.2) is 48.5 Å². The van der Waals surface area contributed by atoms with E-state index in [1.165, 1.54) is 0 Å². The summed E-state index contributed by atoms with van der Waals surface area (Å²) in [4.78, 5) is 26.0. The monoisotopic (exact) mass is 372 g/mol. The maximum atomic E-state index is 12.5. The van der Waals surface area contributed by atoms with Crippen molar-refractivity contribution in [3.05, 3.63) is 53.6 Å². The molecule has 136 valence electrons. The Morgan fingerprint density at radius 1 is 1.19 bits per heavy atom. The van der Waals surface area contributed by atoms with Crippen molar-refractivity contribution in [1.82, 2.24) is 0 Å². The zero-order valence-corrected chi connectivity index (χ0v) is 15.3. The Kier molecular flexibility index (Phi) is 5.78. The summed E-state index contributed by atoms with van der Waals surface area (Å²) in [5, 5.41) is 3.48. The van der Waals surface area contributed by atoms with Gasteiger partial charge in [0, 0.05) is 29.4 Å². The minimum Gasteiger partial charge on any atom is -0.481 e. The van der Waals surface area contributed by atoms with Gasteiger partial charge in [0.15, 0.2) is 6.10 Å². The van der Waals surface area contributed by atoms with E-state index in [1.807, 2.05) is 19.1 Å². The Bertz CT molecular complexity index is 775. The molecule has 1 fully saturated rings. The van der Waals surface area contributed by atoms with Gasteiger partial charge in [0.1, 0.15) is 5.75 Å². The van der Waals surface area contributed by atoms with Crippen LogP contribution in [-0.2, 0) is 9.59 Å². The molecular weight excluding hydrogens is 352 g/mol. The molecular formula is C20H21ClN2O3. The van der Waals surface area contributed by atoms with Gasteiger partial charge in [-0.25, -0.2) is 0 Å². The second kappa shape index (κ2) is 8.23. The zero-order valence-electron chi connectivity index (χ0n) is 14.6. The number of nitrogens with one attached hydrogen (secondary N) is 1. The molecule has 2 aromatic rings. The summed E-state index contributed by atoms with van der Waals surface area (Å²) in [5.74, 6) is 0.524. The summed E-state index contributed by atoms with van der Waals surface area (Å²) in [6.07, 6.45) is 1.42. The van der Waals surface area contributed by atoms with Crippen molar-refractivity contribution in [3.63, 3.8) is 0 Å². The summed E-state index contributed by atoms with van der Waals surface area (Å²) < 4.78 is 5.75. The number of amides is 2. The predicted octanol–water partition coefficient (Wildman–Crippen LogP) is 4.26. The number of anilines is 2. The third-order valence-corrected chi connectivity index (χ3v) is 4.53. The van der Waals surface area contributed by atoms with Gasteiger partial charge in [-0.2, -0.15) is 0 Å². The Morgan fingerprint density at radius 3 is 2.46 bits per heavy atom. The smallest absolute Gasteiger partial charge is 0.265 e. The second-order valence-corrected chi connectivity index (χ2v) is 6.59. The van der Waals surface area contributed by atoms with Gasteiger partial charge in [0.25, 0.3) is 5.91 Å². The molecule has 1 aliphatic rings. The minimum absolute atomic E-state index is 0.143. The molecule has 1 saturated heterocycles. The molecule has 0 spiro atoms. The van der Waals surface area contributed by atoms with Crippen LogP contribution < -0.4 is 15.0 Å². The summed E-state index contributed by atoms with van der Waals surface area (Å²) in [6, 6.07) is 14.2. The average molecular weight is 373 g/mol. The van der Waals surface area contributed by atoms with E-state index in [1.54, 1.807) is 41.3 Å². The van der Waals surface area contributed by atoms with Crippen molar-refractivity contribution in [3.8, 4) is 5.75 Å². The summed E-state index contributed by atoms with van der Waals surface area (Å²) in [5.41, 5.74) is 1.53. The number of halogens is 1. The van der Waals surface area contributed by atoms with E-state index < -0.39 is 6.10 Å². The van der Waals surface area contributed by atoms with Crippen LogP contribution in [0.5, 0.6) is 5.75 Å². The first-order valence-corrected chi connectivity index (χ1v) is 9.08. The Labute approximate surface area is 157 Å². The maximum absolute atomic E-state index is 12.5. The van der Waals surface area contributed by atoms with E-state index in [4.69, 9.17) is 16.3 Å². The quantitative estimate of drug-likeness (QED) is 0.824. The molecule has 2 amide bonds. The number of carbonyl (C=O) groups excluding carboxylic acids is 2. The van der Waals surface area contributed by atoms with Crippen LogP contribution in [-0.4, -0.2) is 24.5 Å². The number of ether oxygens (including phenoxy) is 1. The van der Waals surface area contributed by atoms with Crippen molar-refractivity contribution < 1.29 is 14.3 Å². The lowest BCUT2D eigenvalue weighted by atomic mass is 10.2. The van der Waals surface area contributed by atoms with Gasteiger partial charge in [-0.3, -0.25) is 9.59 Å². The number of hydrogen-bond acceptors (Lipinski definition) is 3. The summed E-state index contributed by atoms with van der Waals surface area (Å²) in [7, 11) is 0. The lowest BCUT2D eigenvalue weighted by Gasteiger charge is -2.18. The third kappa shape index (κ3) is 4.35. The molecule has 1 aliphatic heterocycles. The molecule has 0 unspecified atom stereocenters. The Balaban J connectivity index is 1.62. The van der Waals surface area contributed by atoms with Crippen LogP contribution in [0.25, 0.3) is 0 Å². The van der Waals surface area contributed by atoms with Crippen molar-refractivity contribution in [1.29, 1.82) is 0 Å². The third-order valence-electron chi connectivity index (χ3n) is 4.28. The van der Waals surface area contributed by atoms with Gasteiger partial charge in [-0.15, -0.1) is 0 Å². The first kappa shape index (κ1) is 18.3. The highest BCUT2D eigenvalue weighted by Crippen LogP contribution is 2.23. The molecule has 0 radical (unpaired) electrons. The molecule has 6 heteroatoms. The van der Waals surface area contributed by atoms with E-state index >= 15 is 0 Å². The van der Waals surface area contributed by atoms with Gasteiger partial charge < -0.3 is 15.0 Å². The van der Waals surface area contributed by atoms with E-state index in [-0.39, 0.29) is 11.8 Å². The molecule has 1 N–H and O–H groups in total. The normalized spacial score (nSPS) is 15.0. The molecule has 26 heavy (non-hydrogen) atoms. The van der Waals surface area contributed by atoms with Crippen LogP contribution >= 0.6 is 11.6 Å². The lowest BCUT2D eigenvalue weighted by Crippen LogP contribution is -2.32. The SMILES string of the molecule is CC[C@H](Oc1ccc(Cl)cc1)C(=O)Nc1ccc(N2CCCC2=O)cc1. The van der Waals surface area contributed by atoms with Crippen LogP contribution in [0, 0.1) is 0 Å². The summed E-state index contributed by atoms with van der Waals surface area (Å²) >= 11 is 5.86. The predicted molar refractivity (Wildman–Crippen MR) is 103 cm³/mol. The first-order valence-electron chi connectivity index (χ1n) is 8.70. The fourth-order valence-electron chi connectivity index (χ4n) is 2.87. The average Bonchev–Trinajstić information content (AvgIpc) is 3.07. The molecule has 0 aromatic heterocycles. The van der Waals surface area contributed by atoms with Crippen LogP contribution in [0.1, 0.15) is 26.2 Å². The number of hydrogen-bond donors (Lipinski definition) is 1. The summed E-state index contributed by atoms with van der Waals surface area (Å²) in [6.45, 7) is 2.64. The molecule has 0 aliphatic carbocycles. The number of carbonyl (C=O) groups is 2. The number of benzene rings is 2. The van der Waals surface area contributed by atoms with Crippen LogP contribution in [0.2, 0.25) is 5.02 Å². The van der Waals surface area contributed by atoms with Gasteiger partial charge in [0.2, 0.25) is 5.91 Å². The highest BCUT2D eigenvalue weighted by atomic mass is 35.5. The molecule has 1 heterocycles. The molecule has 3 rings (SSSR count). The largest absolute Gasteiger partial charge is 0.481 e. The van der Waals surface area contributed by atoms with Crippen LogP contribution in [0.3, 0.4) is 0 Å². The molecule has 0 saturated carbocycles. The van der Waals surface area contributed by atoms with Gasteiger partial charge in [-0.05, 0) is 61.4 Å². The highest BCUT2D eigenvalue weighted by Gasteiger charge is 2.22. The van der Waals surface area contributed by atoms with E-state index in [2.05, 4.69) is 5.32 Å². The topological polar surface area (TPSA) is 58.6 Å². The van der Waals surface area contributed by atoms with Gasteiger partial charge in [-0.1, -0.05) is 18.5 Å². The minimum atomic E-state index is -0.601. The highest BCUT2D eigenvalue weighted by molar-refractivity contribution is 6.30. The van der Waals surface area contributed by atoms with Gasteiger partial charge in [0.05, 0.1) is 0 Å². The maximum Gasteiger partial charge on any atom is 0.265 e. The standard InChI is InChI=1S/C20H21ClN2O3/c1-2-18(26-17-11-5-14(21)6-12-17)20(25)22-15-7-9-16(10-8-15)23-13-3-4-19(23)24/h5-12,18H,2-4,13H2,1H3,(H,22,25)/t18-/m0/s1. The van der Waals surface area contributed by atoms with Crippen molar-refractivity contribution in [2.75, 3.05) is 16.8 Å². The van der Waals surface area contributed by atoms with Crippen molar-refractivity contribution in [2.24, 2.45) is 0 Å². The Morgan fingerprint density at radius 2 is 1.88 bits per heavy atom. The fraction of sp³-hybridized carbons (Fsp3) is 0.300. The van der Waals surface area contributed by atoms with E-state index in [0.717, 1.165) is 18.7 Å². The van der Waals surface area contributed by atoms with E-state index in [9.17, 15) is 9.59 Å². The molecule has 5 nitrogen and oxygen atoms in total. The second-order valence-electron chi connectivity index (χ2n) is 6.15. The van der Waals surface area contributed by atoms with Crippen LogP contribution in [0.4, 0.5) is 11.4 Å². The number of rotatable bonds is 6. The Hall–Kier alpha value is -2.53. The first-order chi connectivity index (χ1) is 12.6. The van der Waals surface area contributed by atoms with Crippen molar-refractivity contribution in [2.45, 2.75) is 32.3 Å². The van der Waals surface area contributed by atoms with E-state index in [0.29, 0.717) is 29.3 Å². The fourth-order valence-corrected chi connectivity index (χ4v) is 2.99. The molecule has 2 aromatic carbocycles. The zero-order chi connectivity index (χ0) is 18.5. The molecule has 0 bridgehead atoms.